The van der Waals surface area contributed by atoms with Crippen molar-refractivity contribution in [3.63, 3.8) is 0 Å². The number of fused-ring (bicyclic) bond motifs is 1. The van der Waals surface area contributed by atoms with E-state index < -0.39 is 0 Å². The fourth-order valence-electron chi connectivity index (χ4n) is 3.61. The summed E-state index contributed by atoms with van der Waals surface area (Å²) < 4.78 is 5.89. The maximum Gasteiger partial charge on any atom is 0.254 e. The van der Waals surface area contributed by atoms with E-state index in [1.807, 2.05) is 12.3 Å². The fraction of sp³-hybridized carbons (Fsp3) is 0.389. The Kier molecular flexibility index (Phi) is 4.33. The van der Waals surface area contributed by atoms with Crippen molar-refractivity contribution in [3.8, 4) is 0 Å². The van der Waals surface area contributed by atoms with Gasteiger partial charge < -0.3 is 14.6 Å². The summed E-state index contributed by atoms with van der Waals surface area (Å²) in [5.74, 6) is -0.120. The molecule has 2 aliphatic rings. The van der Waals surface area contributed by atoms with Crippen LogP contribution in [-0.4, -0.2) is 64.1 Å². The van der Waals surface area contributed by atoms with E-state index in [0.29, 0.717) is 25.3 Å². The van der Waals surface area contributed by atoms with Crippen LogP contribution in [0, 0.1) is 0 Å². The highest BCUT2D eigenvalue weighted by Gasteiger charge is 2.41. The first kappa shape index (κ1) is 16.0. The lowest BCUT2D eigenvalue weighted by atomic mass is 10.1. The van der Waals surface area contributed by atoms with Crippen molar-refractivity contribution >= 4 is 5.91 Å². The van der Waals surface area contributed by atoms with E-state index in [4.69, 9.17) is 4.74 Å². The number of aromatic amines is 1. The van der Waals surface area contributed by atoms with Crippen molar-refractivity contribution in [2.24, 2.45) is 0 Å². The van der Waals surface area contributed by atoms with Crippen LogP contribution in [0.4, 0.5) is 0 Å². The maximum atomic E-state index is 12.7. The standard InChI is InChI=1S/C18H20N4O3/c23-17-8-14(3-5-20-17)18(24)22-11-15-16(12-22)25-7-6-21(15)10-13-2-1-4-19-9-13/h1-5,8-9,15-16H,6-7,10-12H2,(H,20,23)/t15-,16-/m0/s1. The molecule has 1 amide bonds. The van der Waals surface area contributed by atoms with Crippen LogP contribution in [0.5, 0.6) is 0 Å². The summed E-state index contributed by atoms with van der Waals surface area (Å²) in [7, 11) is 0. The van der Waals surface area contributed by atoms with Crippen LogP contribution < -0.4 is 5.56 Å². The first-order valence-corrected chi connectivity index (χ1v) is 8.43. The monoisotopic (exact) mass is 340 g/mol. The second kappa shape index (κ2) is 6.78. The average Bonchev–Trinajstić information content (AvgIpc) is 3.07. The Hall–Kier alpha value is -2.51. The molecule has 0 bridgehead atoms. The Balaban J connectivity index is 1.49. The highest BCUT2D eigenvalue weighted by atomic mass is 16.5. The van der Waals surface area contributed by atoms with Crippen LogP contribution in [0.2, 0.25) is 0 Å². The number of carbonyl (C=O) groups excluding carboxylic acids is 1. The molecule has 2 aromatic heterocycles. The number of nitrogens with zero attached hydrogens (tertiary/aromatic N) is 3. The zero-order valence-electron chi connectivity index (χ0n) is 13.8. The molecule has 0 spiro atoms. The molecule has 1 N–H and O–H groups in total. The third-order valence-electron chi connectivity index (χ3n) is 4.83. The second-order valence-electron chi connectivity index (χ2n) is 6.46. The van der Waals surface area contributed by atoms with Gasteiger partial charge >= 0.3 is 0 Å². The Labute approximate surface area is 145 Å². The molecule has 2 atom stereocenters. The lowest BCUT2D eigenvalue weighted by Crippen LogP contribution is -2.50. The van der Waals surface area contributed by atoms with Crippen molar-refractivity contribution in [1.29, 1.82) is 0 Å². The van der Waals surface area contributed by atoms with Crippen molar-refractivity contribution in [3.05, 3.63) is 64.3 Å². The molecule has 0 aromatic carbocycles. The van der Waals surface area contributed by atoms with Crippen LogP contribution in [0.3, 0.4) is 0 Å². The Morgan fingerprint density at radius 3 is 3.08 bits per heavy atom. The summed E-state index contributed by atoms with van der Waals surface area (Å²) in [5.41, 5.74) is 1.31. The number of ether oxygens (including phenoxy) is 1. The van der Waals surface area contributed by atoms with Gasteiger partial charge in [-0.1, -0.05) is 6.07 Å². The second-order valence-corrected chi connectivity index (χ2v) is 6.46. The van der Waals surface area contributed by atoms with E-state index in [0.717, 1.165) is 18.7 Å². The van der Waals surface area contributed by atoms with E-state index >= 15 is 0 Å². The molecule has 2 saturated heterocycles. The van der Waals surface area contributed by atoms with Crippen molar-refractivity contribution in [2.45, 2.75) is 18.7 Å². The number of nitrogens with one attached hydrogen (secondary N) is 1. The molecule has 0 saturated carbocycles. The molecule has 2 aliphatic heterocycles. The normalized spacial score (nSPS) is 23.4. The van der Waals surface area contributed by atoms with Crippen LogP contribution in [-0.2, 0) is 11.3 Å². The van der Waals surface area contributed by atoms with Crippen LogP contribution in [0.1, 0.15) is 15.9 Å². The van der Waals surface area contributed by atoms with Gasteiger partial charge in [0.05, 0.1) is 18.8 Å². The van der Waals surface area contributed by atoms with Crippen LogP contribution in [0.25, 0.3) is 0 Å². The summed E-state index contributed by atoms with van der Waals surface area (Å²) in [5, 5.41) is 0. The molecule has 25 heavy (non-hydrogen) atoms. The molecule has 0 aliphatic carbocycles. The van der Waals surface area contributed by atoms with E-state index in [1.54, 1.807) is 17.2 Å². The van der Waals surface area contributed by atoms with Gasteiger partial charge in [-0.05, 0) is 17.7 Å². The average molecular weight is 340 g/mol. The number of likely N-dealkylation sites (tertiary alicyclic amines) is 1. The van der Waals surface area contributed by atoms with Gasteiger partial charge in [0.15, 0.2) is 0 Å². The molecule has 2 fully saturated rings. The Bertz CT molecular complexity index is 807. The molecule has 7 nitrogen and oxygen atoms in total. The van der Waals surface area contributed by atoms with Gasteiger partial charge in [-0.2, -0.15) is 0 Å². The van der Waals surface area contributed by atoms with Gasteiger partial charge in [-0.3, -0.25) is 19.5 Å². The Morgan fingerprint density at radius 2 is 2.28 bits per heavy atom. The molecular formula is C18H20N4O3. The number of hydrogen-bond donors (Lipinski definition) is 1. The third kappa shape index (κ3) is 3.33. The first-order chi connectivity index (χ1) is 12.2. The van der Waals surface area contributed by atoms with E-state index in [2.05, 4.69) is 20.9 Å². The van der Waals surface area contributed by atoms with Crippen LogP contribution >= 0.6 is 0 Å². The number of morpholine rings is 1. The molecule has 4 heterocycles. The topological polar surface area (TPSA) is 78.5 Å². The number of aromatic nitrogens is 2. The van der Waals surface area contributed by atoms with Gasteiger partial charge in [-0.25, -0.2) is 0 Å². The summed E-state index contributed by atoms with van der Waals surface area (Å²) >= 11 is 0. The minimum Gasteiger partial charge on any atom is -0.373 e. The number of rotatable bonds is 3. The summed E-state index contributed by atoms with van der Waals surface area (Å²) in [4.78, 5) is 35.0. The van der Waals surface area contributed by atoms with E-state index in [9.17, 15) is 9.59 Å². The highest BCUT2D eigenvalue weighted by Crippen LogP contribution is 2.25. The van der Waals surface area contributed by atoms with Crippen molar-refractivity contribution < 1.29 is 9.53 Å². The molecule has 0 unspecified atom stereocenters. The van der Waals surface area contributed by atoms with Gasteiger partial charge in [0.1, 0.15) is 0 Å². The van der Waals surface area contributed by atoms with Gasteiger partial charge in [-0.15, -0.1) is 0 Å². The predicted octanol–water partition coefficient (Wildman–Crippen LogP) is 0.495. The zero-order chi connectivity index (χ0) is 17.2. The SMILES string of the molecule is O=C(c1cc[nH]c(=O)c1)N1C[C@@H]2OCCN(Cc3cccnc3)[C@H]2C1. The minimum absolute atomic E-state index is 0.0105. The molecule has 2 aromatic rings. The highest BCUT2D eigenvalue weighted by molar-refractivity contribution is 5.94. The number of hydrogen-bond acceptors (Lipinski definition) is 5. The van der Waals surface area contributed by atoms with E-state index in [-0.39, 0.29) is 23.6 Å². The van der Waals surface area contributed by atoms with Gasteiger partial charge in [0.25, 0.3) is 5.91 Å². The summed E-state index contributed by atoms with van der Waals surface area (Å²) in [6.45, 7) is 3.46. The third-order valence-corrected chi connectivity index (χ3v) is 4.83. The summed E-state index contributed by atoms with van der Waals surface area (Å²) in [6, 6.07) is 7.15. The molecule has 4 rings (SSSR count). The molecular weight excluding hydrogens is 320 g/mol. The number of carbonyl (C=O) groups is 1. The zero-order valence-corrected chi connectivity index (χ0v) is 13.8. The van der Waals surface area contributed by atoms with E-state index in [1.165, 1.54) is 12.3 Å². The lowest BCUT2D eigenvalue weighted by Gasteiger charge is -2.36. The predicted molar refractivity (Wildman–Crippen MR) is 91.1 cm³/mol. The van der Waals surface area contributed by atoms with Crippen molar-refractivity contribution in [2.75, 3.05) is 26.2 Å². The summed E-state index contributed by atoms with van der Waals surface area (Å²) in [6.07, 6.45) is 5.16. The lowest BCUT2D eigenvalue weighted by molar-refractivity contribution is -0.0503. The molecule has 7 heteroatoms. The number of H-pyrrole nitrogens is 1. The smallest absolute Gasteiger partial charge is 0.254 e. The van der Waals surface area contributed by atoms with Gasteiger partial charge in [0.2, 0.25) is 5.56 Å². The minimum atomic E-state index is -0.267. The molecule has 0 radical (unpaired) electrons. The first-order valence-electron chi connectivity index (χ1n) is 8.43. The number of pyridine rings is 2. The quantitative estimate of drug-likeness (QED) is 0.880. The molecule has 130 valence electrons. The maximum absolute atomic E-state index is 12.7. The Morgan fingerprint density at radius 1 is 1.36 bits per heavy atom. The largest absolute Gasteiger partial charge is 0.373 e. The van der Waals surface area contributed by atoms with Crippen LogP contribution in [0.15, 0.2) is 47.7 Å². The number of amides is 1. The van der Waals surface area contributed by atoms with Gasteiger partial charge in [0, 0.05) is 56.4 Å². The fourth-order valence-corrected chi connectivity index (χ4v) is 3.61. The van der Waals surface area contributed by atoms with Crippen molar-refractivity contribution in [1.82, 2.24) is 19.8 Å².